The van der Waals surface area contributed by atoms with Crippen LogP contribution in [0.5, 0.6) is 0 Å². The Labute approximate surface area is 181 Å². The lowest BCUT2D eigenvalue weighted by Crippen LogP contribution is -2.42. The van der Waals surface area contributed by atoms with Gasteiger partial charge < -0.3 is 0 Å². The average Bonchev–Trinajstić information content (AvgIpc) is 3.47. The van der Waals surface area contributed by atoms with Crippen LogP contribution in [0, 0.1) is 0 Å². The molecule has 0 radical (unpaired) electrons. The molecule has 11 heteroatoms. The minimum atomic E-state index is -0.389. The number of fused-ring (bicyclic) bond motifs is 1. The predicted octanol–water partition coefficient (Wildman–Crippen LogP) is 3.34. The van der Waals surface area contributed by atoms with Crippen LogP contribution in [-0.2, 0) is 11.8 Å². The zero-order valence-electron chi connectivity index (χ0n) is 15.0. The lowest BCUT2D eigenvalue weighted by molar-refractivity contribution is -0.119. The van der Waals surface area contributed by atoms with Gasteiger partial charge in [0.2, 0.25) is 5.91 Å². The van der Waals surface area contributed by atoms with Gasteiger partial charge in [0.05, 0.1) is 16.0 Å². The lowest BCUT2D eigenvalue weighted by atomic mass is 10.2. The number of thioether (sulfide) groups is 1. The smallest absolute Gasteiger partial charge is 0.279 e. The Morgan fingerprint density at radius 1 is 1.14 bits per heavy atom. The van der Waals surface area contributed by atoms with Crippen LogP contribution in [-0.4, -0.2) is 27.1 Å². The minimum Gasteiger partial charge on any atom is -0.290 e. The molecule has 148 valence electrons. The first kappa shape index (κ1) is 19.8. The number of aromatic nitrogens is 2. The normalized spacial score (nSPS) is 10.9. The number of carbonyl (C=O) groups is 2. The largest absolute Gasteiger partial charge is 0.290 e. The van der Waals surface area contributed by atoms with E-state index >= 15 is 0 Å². The van der Waals surface area contributed by atoms with Crippen molar-refractivity contribution in [3.05, 3.63) is 55.6 Å². The summed E-state index contributed by atoms with van der Waals surface area (Å²) in [4.78, 5) is 43.5. The van der Waals surface area contributed by atoms with E-state index in [1.54, 1.807) is 35.9 Å². The number of nitrogens with zero attached hydrogens (tertiary/aromatic N) is 2. The van der Waals surface area contributed by atoms with Crippen LogP contribution in [0.2, 0.25) is 0 Å². The second kappa shape index (κ2) is 8.49. The fourth-order valence-corrected chi connectivity index (χ4v) is 5.75. The molecule has 0 spiro atoms. The number of hydrogen-bond donors (Lipinski definition) is 2. The topological polar surface area (TPSA) is 93.1 Å². The monoisotopic (exact) mass is 462 g/mol. The standard InChI is InChI=1S/C18H14N4O3S4/c1-22-17(25)14-10(11-4-2-6-26-11)8-28-16(14)19-18(22)29-9-13(23)20-21-15(24)12-5-3-7-27-12/h2-8H,9H2,1H3,(H,20,23)(H,21,24). The third-order valence-electron chi connectivity index (χ3n) is 3.95. The van der Waals surface area contributed by atoms with Crippen LogP contribution < -0.4 is 16.4 Å². The van der Waals surface area contributed by atoms with Crippen LogP contribution in [0.1, 0.15) is 9.67 Å². The number of hydrogen-bond acceptors (Lipinski definition) is 8. The molecular formula is C18H14N4O3S4. The molecule has 0 aliphatic carbocycles. The Bertz CT molecular complexity index is 1230. The molecule has 4 aromatic rings. The van der Waals surface area contributed by atoms with Gasteiger partial charge in [-0.15, -0.1) is 34.0 Å². The summed E-state index contributed by atoms with van der Waals surface area (Å²) in [6, 6.07) is 7.35. The van der Waals surface area contributed by atoms with Crippen molar-refractivity contribution in [3.63, 3.8) is 0 Å². The number of amides is 2. The number of nitrogens with one attached hydrogen (secondary N) is 2. The van der Waals surface area contributed by atoms with Crippen molar-refractivity contribution < 1.29 is 9.59 Å². The molecule has 2 amide bonds. The van der Waals surface area contributed by atoms with Crippen molar-refractivity contribution in [1.29, 1.82) is 0 Å². The predicted molar refractivity (Wildman–Crippen MR) is 119 cm³/mol. The van der Waals surface area contributed by atoms with Gasteiger partial charge in [0.15, 0.2) is 5.16 Å². The summed E-state index contributed by atoms with van der Waals surface area (Å²) in [7, 11) is 1.64. The number of rotatable bonds is 5. The first-order valence-electron chi connectivity index (χ1n) is 8.32. The third kappa shape index (κ3) is 4.13. The van der Waals surface area contributed by atoms with Gasteiger partial charge in [-0.1, -0.05) is 23.9 Å². The Morgan fingerprint density at radius 2 is 1.93 bits per heavy atom. The van der Waals surface area contributed by atoms with Crippen molar-refractivity contribution in [2.45, 2.75) is 5.16 Å². The molecule has 0 aliphatic rings. The molecule has 0 aliphatic heterocycles. The molecule has 0 aromatic carbocycles. The molecule has 0 fully saturated rings. The fraction of sp³-hybridized carbons (Fsp3) is 0.111. The van der Waals surface area contributed by atoms with Gasteiger partial charge in [-0.25, -0.2) is 4.98 Å². The Kier molecular flexibility index (Phi) is 5.81. The minimum absolute atomic E-state index is 0.0136. The molecule has 7 nitrogen and oxygen atoms in total. The Balaban J connectivity index is 1.46. The highest BCUT2D eigenvalue weighted by molar-refractivity contribution is 7.99. The van der Waals surface area contributed by atoms with E-state index in [0.717, 1.165) is 22.2 Å². The van der Waals surface area contributed by atoms with Crippen LogP contribution in [0.15, 0.2) is 50.4 Å². The second-order valence-electron chi connectivity index (χ2n) is 5.83. The van der Waals surface area contributed by atoms with Crippen LogP contribution in [0.3, 0.4) is 0 Å². The summed E-state index contributed by atoms with van der Waals surface area (Å²) in [5.41, 5.74) is 5.48. The van der Waals surface area contributed by atoms with E-state index in [-0.39, 0.29) is 23.1 Å². The summed E-state index contributed by atoms with van der Waals surface area (Å²) in [5, 5.41) is 6.73. The highest BCUT2D eigenvalue weighted by Crippen LogP contribution is 2.34. The van der Waals surface area contributed by atoms with Crippen molar-refractivity contribution in [2.24, 2.45) is 7.05 Å². The van der Waals surface area contributed by atoms with Crippen LogP contribution >= 0.6 is 45.8 Å². The number of thiophene rings is 3. The average molecular weight is 463 g/mol. The van der Waals surface area contributed by atoms with Crippen molar-refractivity contribution in [3.8, 4) is 10.4 Å². The quantitative estimate of drug-likeness (QED) is 0.270. The van der Waals surface area contributed by atoms with E-state index < -0.39 is 0 Å². The second-order valence-corrected chi connectivity index (χ2v) is 9.53. The highest BCUT2D eigenvalue weighted by Gasteiger charge is 2.17. The molecule has 0 atom stereocenters. The fourth-order valence-electron chi connectivity index (χ4n) is 2.56. The number of carbonyl (C=O) groups excluding carboxylic acids is 2. The maximum Gasteiger partial charge on any atom is 0.279 e. The first-order chi connectivity index (χ1) is 14.0. The van der Waals surface area contributed by atoms with Crippen molar-refractivity contribution in [2.75, 3.05) is 5.75 Å². The SMILES string of the molecule is Cn1c(SCC(=O)NNC(=O)c2cccs2)nc2scc(-c3cccs3)c2c1=O. The van der Waals surface area contributed by atoms with Gasteiger partial charge in [0.25, 0.3) is 11.5 Å². The molecular weight excluding hydrogens is 448 g/mol. The van der Waals surface area contributed by atoms with E-state index in [4.69, 9.17) is 0 Å². The lowest BCUT2D eigenvalue weighted by Gasteiger charge is -2.08. The van der Waals surface area contributed by atoms with Gasteiger partial charge in [-0.2, -0.15) is 0 Å². The van der Waals surface area contributed by atoms with Crippen LogP contribution in [0.4, 0.5) is 0 Å². The van der Waals surface area contributed by atoms with E-state index in [1.165, 1.54) is 27.2 Å². The molecule has 4 heterocycles. The van der Waals surface area contributed by atoms with Gasteiger partial charge in [-0.3, -0.25) is 29.8 Å². The van der Waals surface area contributed by atoms with Gasteiger partial charge >= 0.3 is 0 Å². The molecule has 2 N–H and O–H groups in total. The summed E-state index contributed by atoms with van der Waals surface area (Å²) in [6.45, 7) is 0. The Hall–Kier alpha value is -2.47. The van der Waals surface area contributed by atoms with E-state index in [2.05, 4.69) is 15.8 Å². The zero-order valence-corrected chi connectivity index (χ0v) is 18.3. The van der Waals surface area contributed by atoms with Gasteiger partial charge in [0, 0.05) is 22.9 Å². The molecule has 0 saturated heterocycles. The van der Waals surface area contributed by atoms with Crippen LogP contribution in [0.25, 0.3) is 20.7 Å². The molecule has 29 heavy (non-hydrogen) atoms. The maximum absolute atomic E-state index is 12.9. The zero-order chi connectivity index (χ0) is 20.4. The molecule has 0 saturated carbocycles. The number of hydrazine groups is 1. The summed E-state index contributed by atoms with van der Waals surface area (Å²) in [6.07, 6.45) is 0. The van der Waals surface area contributed by atoms with Crippen molar-refractivity contribution in [1.82, 2.24) is 20.4 Å². The summed E-state index contributed by atoms with van der Waals surface area (Å²) >= 11 is 5.41. The summed E-state index contributed by atoms with van der Waals surface area (Å²) in [5.74, 6) is -0.746. The van der Waals surface area contributed by atoms with Gasteiger partial charge in [0.1, 0.15) is 4.83 Å². The molecule has 0 bridgehead atoms. The molecule has 0 unspecified atom stereocenters. The molecule has 4 rings (SSSR count). The van der Waals surface area contributed by atoms with Gasteiger partial charge in [-0.05, 0) is 22.9 Å². The van der Waals surface area contributed by atoms with E-state index in [9.17, 15) is 14.4 Å². The maximum atomic E-state index is 12.9. The van der Waals surface area contributed by atoms with E-state index in [1.807, 2.05) is 22.9 Å². The van der Waals surface area contributed by atoms with E-state index in [0.29, 0.717) is 20.3 Å². The third-order valence-corrected chi connectivity index (χ3v) is 7.63. The Morgan fingerprint density at radius 3 is 2.66 bits per heavy atom. The highest BCUT2D eigenvalue weighted by atomic mass is 32.2. The molecule has 4 aromatic heterocycles. The summed E-state index contributed by atoms with van der Waals surface area (Å²) < 4.78 is 1.45. The van der Waals surface area contributed by atoms with Crippen molar-refractivity contribution >= 4 is 67.8 Å². The first-order valence-corrected chi connectivity index (χ1v) is 11.9.